The van der Waals surface area contributed by atoms with E-state index in [4.69, 9.17) is 13.6 Å². The molecule has 0 amide bonds. The van der Waals surface area contributed by atoms with Gasteiger partial charge >= 0.3 is 29.5 Å². The Bertz CT molecular complexity index is 159. The van der Waals surface area contributed by atoms with E-state index in [0.29, 0.717) is 0 Å². The predicted molar refractivity (Wildman–Crippen MR) is 7.77 cm³/mol. The molecule has 0 saturated heterocycles. The molecule has 0 aromatic heterocycles. The summed E-state index contributed by atoms with van der Waals surface area (Å²) >= 11 is -6.02. The molecule has 0 aromatic carbocycles. The summed E-state index contributed by atoms with van der Waals surface area (Å²) in [7, 11) is 0. The van der Waals surface area contributed by atoms with Crippen LogP contribution >= 0.6 is 0 Å². The summed E-state index contributed by atoms with van der Waals surface area (Å²) in [6.07, 6.45) is 0. The Morgan fingerprint density at radius 1 is 0.833 bits per heavy atom. The molecule has 0 rings (SSSR count). The Morgan fingerprint density at radius 2 is 0.833 bits per heavy atom. The van der Waals surface area contributed by atoms with E-state index in [1.54, 1.807) is 0 Å². The molecule has 0 aliphatic carbocycles. The Labute approximate surface area is 36.3 Å². The van der Waals surface area contributed by atoms with Gasteiger partial charge in [0.25, 0.3) is 0 Å². The standard InChI is InChI=1S/Mo.H3N.4O/h;1H3;;;;. The van der Waals surface area contributed by atoms with Crippen LogP contribution in [0.15, 0.2) is 0 Å². The van der Waals surface area contributed by atoms with Crippen molar-refractivity contribution in [1.82, 2.24) is 6.15 Å². The number of rotatable bonds is 0. The second kappa shape index (κ2) is 2.10. The summed E-state index contributed by atoms with van der Waals surface area (Å²) < 4.78 is 34.5. The van der Waals surface area contributed by atoms with Crippen molar-refractivity contribution in [2.24, 2.45) is 0 Å². The Hall–Kier alpha value is -0.152. The Balaban J connectivity index is 0. The van der Waals surface area contributed by atoms with Gasteiger partial charge in [-0.15, -0.1) is 0 Å². The van der Waals surface area contributed by atoms with Crippen molar-refractivity contribution in [2.45, 2.75) is 0 Å². The average Bonchev–Trinajstić information content (AvgIpc) is 0.722. The van der Waals surface area contributed by atoms with Crippen LogP contribution < -0.4 is 6.15 Å². The van der Waals surface area contributed by atoms with Gasteiger partial charge in [-0.25, -0.2) is 0 Å². The quantitative estimate of drug-likeness (QED) is 0.510. The molecule has 0 aliphatic heterocycles. The van der Waals surface area contributed by atoms with Crippen molar-refractivity contribution >= 4 is 0 Å². The van der Waals surface area contributed by atoms with Crippen LogP contribution in [0.4, 0.5) is 0 Å². The third-order valence-electron chi connectivity index (χ3n) is 0. The molecule has 0 aromatic rings. The zero-order valence-corrected chi connectivity index (χ0v) is 4.76. The van der Waals surface area contributed by atoms with Crippen molar-refractivity contribution in [3.8, 4) is 0 Å². The summed E-state index contributed by atoms with van der Waals surface area (Å²) in [5.41, 5.74) is 0. The van der Waals surface area contributed by atoms with Gasteiger partial charge in [-0.3, -0.25) is 0 Å². The molecule has 38 valence electrons. The van der Waals surface area contributed by atoms with Gasteiger partial charge in [-0.05, 0) is 0 Å². The van der Waals surface area contributed by atoms with Crippen LogP contribution in [-0.4, -0.2) is 0 Å². The molecule has 6 heteroatoms. The normalized spacial score (nSPS) is 6.67. The van der Waals surface area contributed by atoms with E-state index in [2.05, 4.69) is 0 Å². The van der Waals surface area contributed by atoms with E-state index in [9.17, 15) is 0 Å². The van der Waals surface area contributed by atoms with Gasteiger partial charge in [0.1, 0.15) is 0 Å². The fourth-order valence-corrected chi connectivity index (χ4v) is 0. The summed E-state index contributed by atoms with van der Waals surface area (Å²) in [5.74, 6) is 0. The van der Waals surface area contributed by atoms with Crippen LogP contribution in [0, 0.1) is 0 Å². The molecule has 0 radical (unpaired) electrons. The maximum absolute atomic E-state index is 8.63. The molecule has 0 unspecified atom stereocenters. The summed E-state index contributed by atoms with van der Waals surface area (Å²) in [4.78, 5) is 0. The molecular weight excluding hydrogens is 174 g/mol. The molecule has 0 aliphatic rings. The average molecular weight is 177 g/mol. The first-order chi connectivity index (χ1) is 2.00. The van der Waals surface area contributed by atoms with Crippen LogP contribution in [0.2, 0.25) is 0 Å². The minimum atomic E-state index is -6.02. The zero-order chi connectivity index (χ0) is 4.50. The van der Waals surface area contributed by atoms with Gasteiger partial charge < -0.3 is 6.15 Å². The van der Waals surface area contributed by atoms with E-state index < -0.39 is 15.9 Å². The Morgan fingerprint density at radius 3 is 0.833 bits per heavy atom. The van der Waals surface area contributed by atoms with Crippen molar-refractivity contribution in [1.29, 1.82) is 0 Å². The van der Waals surface area contributed by atoms with Gasteiger partial charge in [0.05, 0.1) is 0 Å². The summed E-state index contributed by atoms with van der Waals surface area (Å²) in [6, 6.07) is 0. The molecule has 0 atom stereocenters. The fourth-order valence-electron chi connectivity index (χ4n) is 0. The third kappa shape index (κ3) is 1360. The zero-order valence-electron chi connectivity index (χ0n) is 2.75. The molecule has 0 fully saturated rings. The van der Waals surface area contributed by atoms with Gasteiger partial charge in [0.15, 0.2) is 0 Å². The molecule has 6 heavy (non-hydrogen) atoms. The first kappa shape index (κ1) is 9.28. The van der Waals surface area contributed by atoms with E-state index in [1.807, 2.05) is 0 Å². The van der Waals surface area contributed by atoms with E-state index in [1.165, 1.54) is 0 Å². The number of hydrogen-bond acceptors (Lipinski definition) is 5. The second-order valence-corrected chi connectivity index (χ2v) is 2.42. The number of hydrogen-bond donors (Lipinski definition) is 1. The molecular formula is H3MoNO4. The van der Waals surface area contributed by atoms with Crippen LogP contribution in [0.5, 0.6) is 0 Å². The van der Waals surface area contributed by atoms with Gasteiger partial charge in [0, 0.05) is 0 Å². The molecule has 0 spiro atoms. The Kier molecular flexibility index (Phi) is 3.25. The van der Waals surface area contributed by atoms with Crippen molar-refractivity contribution in [3.05, 3.63) is 0 Å². The van der Waals surface area contributed by atoms with Crippen molar-refractivity contribution < 1.29 is 29.5 Å². The van der Waals surface area contributed by atoms with Gasteiger partial charge in [0.2, 0.25) is 0 Å². The monoisotopic (exact) mass is 179 g/mol. The molecule has 3 N–H and O–H groups in total. The first-order valence-electron chi connectivity index (χ1n) is 0.667. The molecule has 5 nitrogen and oxygen atoms in total. The van der Waals surface area contributed by atoms with Crippen LogP contribution in [0.25, 0.3) is 0 Å². The predicted octanol–water partition coefficient (Wildman–Crippen LogP) is -0.316. The van der Waals surface area contributed by atoms with Crippen LogP contribution in [0.1, 0.15) is 0 Å². The maximum atomic E-state index is 8.63. The van der Waals surface area contributed by atoms with Crippen LogP contribution in [-0.2, 0) is 29.5 Å². The topological polar surface area (TPSA) is 103 Å². The summed E-state index contributed by atoms with van der Waals surface area (Å²) in [5, 5.41) is 0. The van der Waals surface area contributed by atoms with E-state index >= 15 is 0 Å². The van der Waals surface area contributed by atoms with Crippen molar-refractivity contribution in [2.75, 3.05) is 0 Å². The first-order valence-corrected chi connectivity index (χ1v) is 3.94. The minimum absolute atomic E-state index is 0. The van der Waals surface area contributed by atoms with Crippen LogP contribution in [0.3, 0.4) is 0 Å². The SMILES string of the molecule is N.[O]=[Mo](=[O])(=[O])=[O]. The van der Waals surface area contributed by atoms with Gasteiger partial charge in [-0.2, -0.15) is 0 Å². The van der Waals surface area contributed by atoms with Crippen molar-refractivity contribution in [3.63, 3.8) is 0 Å². The second-order valence-electron chi connectivity index (χ2n) is 0.408. The molecule has 0 heterocycles. The van der Waals surface area contributed by atoms with E-state index in [0.717, 1.165) is 0 Å². The molecule has 0 saturated carbocycles. The third-order valence-corrected chi connectivity index (χ3v) is 0. The van der Waals surface area contributed by atoms with E-state index in [-0.39, 0.29) is 6.15 Å². The fraction of sp³-hybridized carbons (Fsp3) is 0. The molecule has 0 bridgehead atoms. The summed E-state index contributed by atoms with van der Waals surface area (Å²) in [6.45, 7) is 0. The van der Waals surface area contributed by atoms with Gasteiger partial charge in [-0.1, -0.05) is 0 Å².